The summed E-state index contributed by atoms with van der Waals surface area (Å²) in [5.41, 5.74) is 7.82. The normalized spacial score (nSPS) is 18.0. The van der Waals surface area contributed by atoms with E-state index in [1.54, 1.807) is 49.1 Å². The van der Waals surface area contributed by atoms with Crippen LogP contribution in [0.3, 0.4) is 0 Å². The van der Waals surface area contributed by atoms with Crippen molar-refractivity contribution < 1.29 is 9.59 Å². The van der Waals surface area contributed by atoms with Gasteiger partial charge in [-0.25, -0.2) is 0 Å². The van der Waals surface area contributed by atoms with Crippen LogP contribution in [-0.4, -0.2) is 37.8 Å². The highest BCUT2D eigenvalue weighted by Crippen LogP contribution is 2.53. The summed E-state index contributed by atoms with van der Waals surface area (Å²) >= 11 is 0. The SMILES string of the molecule is CC(=N)C(=C(C)N)c1ccc(NC(=O)C(C)(NC(=O)c2ccnn2C(C)C)C(C2CC2)C2CC2)cn1. The molecule has 5 N–H and O–H groups in total. The Kier molecular flexibility index (Phi) is 7.02. The van der Waals surface area contributed by atoms with E-state index in [0.29, 0.717) is 45.9 Å². The third-order valence-electron chi connectivity index (χ3n) is 7.21. The Labute approximate surface area is 212 Å². The number of nitrogens with one attached hydrogen (secondary N) is 3. The van der Waals surface area contributed by atoms with Crippen LogP contribution in [0.2, 0.25) is 0 Å². The monoisotopic (exact) mass is 491 g/mol. The average molecular weight is 492 g/mol. The Bertz CT molecular complexity index is 1170. The minimum Gasteiger partial charge on any atom is -0.402 e. The predicted molar refractivity (Wildman–Crippen MR) is 140 cm³/mol. The van der Waals surface area contributed by atoms with Crippen molar-refractivity contribution in [2.75, 3.05) is 5.32 Å². The largest absolute Gasteiger partial charge is 0.402 e. The standard InChI is InChI=1S/C27H37N7O2/c1-15(2)34-22(12-13-31-34)25(35)33-27(5,24(18-6-7-18)19-8-9-19)26(36)32-20-10-11-21(30-14-20)23(16(3)28)17(4)29/h10-15,18-19,24,28H,6-9,29H2,1-5H3,(H,32,36)(H,33,35). The summed E-state index contributed by atoms with van der Waals surface area (Å²) in [4.78, 5) is 31.7. The molecule has 0 aromatic carbocycles. The quantitative estimate of drug-likeness (QED) is 0.370. The molecule has 0 saturated heterocycles. The molecular formula is C27H37N7O2. The first kappa shape index (κ1) is 25.6. The van der Waals surface area contributed by atoms with Gasteiger partial charge in [0.2, 0.25) is 5.91 Å². The van der Waals surface area contributed by atoms with Gasteiger partial charge in [0.25, 0.3) is 5.91 Å². The second-order valence-corrected chi connectivity index (χ2v) is 10.7. The number of pyridine rings is 1. The average Bonchev–Trinajstić information content (AvgIpc) is 3.74. The van der Waals surface area contributed by atoms with Gasteiger partial charge in [0.05, 0.1) is 17.6 Å². The minimum absolute atomic E-state index is 0.0220. The highest BCUT2D eigenvalue weighted by atomic mass is 16.2. The molecule has 0 bridgehead atoms. The first-order chi connectivity index (χ1) is 17.0. The Morgan fingerprint density at radius 3 is 2.25 bits per heavy atom. The second kappa shape index (κ2) is 9.87. The van der Waals surface area contributed by atoms with Crippen LogP contribution in [0.25, 0.3) is 5.57 Å². The van der Waals surface area contributed by atoms with E-state index < -0.39 is 5.54 Å². The topological polar surface area (TPSA) is 139 Å². The van der Waals surface area contributed by atoms with Gasteiger partial charge in [-0.15, -0.1) is 0 Å². The van der Waals surface area contributed by atoms with E-state index in [1.165, 1.54) is 0 Å². The van der Waals surface area contributed by atoms with E-state index in [0.717, 1.165) is 25.7 Å². The molecule has 36 heavy (non-hydrogen) atoms. The lowest BCUT2D eigenvalue weighted by Crippen LogP contribution is -2.60. The molecule has 0 radical (unpaired) electrons. The lowest BCUT2D eigenvalue weighted by molar-refractivity contribution is -0.124. The number of amides is 2. The molecule has 0 spiro atoms. The summed E-state index contributed by atoms with van der Waals surface area (Å²) in [6.07, 6.45) is 7.50. The number of carbonyl (C=O) groups excluding carboxylic acids is 2. The van der Waals surface area contributed by atoms with E-state index in [9.17, 15) is 9.59 Å². The fourth-order valence-corrected chi connectivity index (χ4v) is 5.30. The summed E-state index contributed by atoms with van der Waals surface area (Å²) in [7, 11) is 0. The molecule has 2 aliphatic rings. The van der Waals surface area contributed by atoms with Crippen molar-refractivity contribution in [2.45, 2.75) is 71.9 Å². The van der Waals surface area contributed by atoms with Crippen molar-refractivity contribution in [2.24, 2.45) is 23.5 Å². The number of nitrogens with zero attached hydrogens (tertiary/aromatic N) is 3. The fraction of sp³-hybridized carbons (Fsp3) is 0.519. The van der Waals surface area contributed by atoms with Crippen LogP contribution in [-0.2, 0) is 4.79 Å². The Hall–Kier alpha value is -3.49. The number of aromatic nitrogens is 3. The molecule has 1 atom stereocenters. The van der Waals surface area contributed by atoms with Gasteiger partial charge in [0, 0.05) is 29.2 Å². The van der Waals surface area contributed by atoms with Gasteiger partial charge in [-0.3, -0.25) is 19.3 Å². The molecule has 192 valence electrons. The van der Waals surface area contributed by atoms with Gasteiger partial charge < -0.3 is 21.8 Å². The lowest BCUT2D eigenvalue weighted by atomic mass is 9.77. The molecule has 0 aliphatic heterocycles. The third kappa shape index (κ3) is 5.20. The van der Waals surface area contributed by atoms with Gasteiger partial charge in [0.1, 0.15) is 11.2 Å². The summed E-state index contributed by atoms with van der Waals surface area (Å²) in [6, 6.07) is 5.21. The molecule has 2 amide bonds. The predicted octanol–water partition coefficient (Wildman–Crippen LogP) is 4.15. The number of rotatable bonds is 10. The number of nitrogens with two attached hydrogens (primary N) is 1. The summed E-state index contributed by atoms with van der Waals surface area (Å²) in [5.74, 6) is 0.380. The van der Waals surface area contributed by atoms with E-state index in [1.807, 2.05) is 20.8 Å². The van der Waals surface area contributed by atoms with Crippen molar-refractivity contribution in [3.05, 3.63) is 47.7 Å². The zero-order chi connectivity index (χ0) is 26.2. The van der Waals surface area contributed by atoms with E-state index in [2.05, 4.69) is 20.7 Å². The van der Waals surface area contributed by atoms with Crippen molar-refractivity contribution in [1.29, 1.82) is 5.41 Å². The molecule has 2 aliphatic carbocycles. The Balaban J connectivity index is 1.61. The number of allylic oxidation sites excluding steroid dienone is 2. The maximum absolute atomic E-state index is 13.9. The maximum atomic E-state index is 13.9. The minimum atomic E-state index is -1.09. The van der Waals surface area contributed by atoms with Crippen molar-refractivity contribution in [3.8, 4) is 0 Å². The van der Waals surface area contributed by atoms with E-state index >= 15 is 0 Å². The highest BCUT2D eigenvalue weighted by Gasteiger charge is 2.55. The summed E-state index contributed by atoms with van der Waals surface area (Å²) < 4.78 is 1.68. The van der Waals surface area contributed by atoms with E-state index in [-0.39, 0.29) is 23.8 Å². The summed E-state index contributed by atoms with van der Waals surface area (Å²) in [6.45, 7) is 9.20. The van der Waals surface area contributed by atoms with Crippen molar-refractivity contribution >= 4 is 28.8 Å². The molecule has 2 saturated carbocycles. The molecule has 4 rings (SSSR count). The Morgan fingerprint density at radius 2 is 1.78 bits per heavy atom. The molecule has 9 heteroatoms. The van der Waals surface area contributed by atoms with Gasteiger partial charge in [-0.1, -0.05) is 0 Å². The first-order valence-corrected chi connectivity index (χ1v) is 12.7. The van der Waals surface area contributed by atoms with Crippen molar-refractivity contribution in [3.63, 3.8) is 0 Å². The summed E-state index contributed by atoms with van der Waals surface area (Å²) in [5, 5.41) is 18.4. The highest BCUT2D eigenvalue weighted by molar-refractivity contribution is 6.21. The van der Waals surface area contributed by atoms with Crippen LogP contribution in [0.5, 0.6) is 0 Å². The number of hydrogen-bond donors (Lipinski definition) is 4. The van der Waals surface area contributed by atoms with Gasteiger partial charge in [-0.2, -0.15) is 5.10 Å². The zero-order valence-electron chi connectivity index (χ0n) is 21.8. The van der Waals surface area contributed by atoms with Gasteiger partial charge >= 0.3 is 0 Å². The zero-order valence-corrected chi connectivity index (χ0v) is 21.8. The van der Waals surface area contributed by atoms with Gasteiger partial charge in [-0.05, 0) is 96.3 Å². The van der Waals surface area contributed by atoms with Crippen LogP contribution >= 0.6 is 0 Å². The molecular weight excluding hydrogens is 454 g/mol. The van der Waals surface area contributed by atoms with Crippen LogP contribution in [0, 0.1) is 23.2 Å². The smallest absolute Gasteiger partial charge is 0.270 e. The molecule has 2 heterocycles. The number of carbonyl (C=O) groups is 2. The molecule has 2 aromatic heterocycles. The van der Waals surface area contributed by atoms with Crippen LogP contribution in [0.1, 0.15) is 82.5 Å². The number of hydrogen-bond acceptors (Lipinski definition) is 6. The molecule has 2 fully saturated rings. The van der Waals surface area contributed by atoms with E-state index in [4.69, 9.17) is 11.1 Å². The lowest BCUT2D eigenvalue weighted by Gasteiger charge is -2.38. The van der Waals surface area contributed by atoms with Gasteiger partial charge in [0.15, 0.2) is 0 Å². The van der Waals surface area contributed by atoms with Crippen LogP contribution in [0.15, 0.2) is 36.3 Å². The third-order valence-corrected chi connectivity index (χ3v) is 7.21. The number of anilines is 1. The van der Waals surface area contributed by atoms with Crippen molar-refractivity contribution in [1.82, 2.24) is 20.1 Å². The first-order valence-electron chi connectivity index (χ1n) is 12.7. The maximum Gasteiger partial charge on any atom is 0.270 e. The van der Waals surface area contributed by atoms with Crippen LogP contribution < -0.4 is 16.4 Å². The van der Waals surface area contributed by atoms with Crippen LogP contribution in [0.4, 0.5) is 5.69 Å². The second-order valence-electron chi connectivity index (χ2n) is 10.7. The molecule has 9 nitrogen and oxygen atoms in total. The Morgan fingerprint density at radius 1 is 1.14 bits per heavy atom. The fourth-order valence-electron chi connectivity index (χ4n) is 5.30. The molecule has 2 aromatic rings. The molecule has 1 unspecified atom stereocenters.